The van der Waals surface area contributed by atoms with Crippen LogP contribution in [0.3, 0.4) is 0 Å². The molecule has 1 aliphatic heterocycles. The summed E-state index contributed by atoms with van der Waals surface area (Å²) >= 11 is 0. The standard InChI is InChI=1S/C13H14N2/c1-9-7-11-4-6-15-13(3-5-14)12(11)8-10(9)2/h3,7-8,15H,4,6H2,1-2H3/b13-3+. The van der Waals surface area contributed by atoms with E-state index in [1.807, 2.05) is 0 Å². The number of nitrogens with zero attached hydrogens (tertiary/aromatic N) is 1. The average Bonchev–Trinajstić information content (AvgIpc) is 2.21. The molecule has 1 aliphatic rings. The van der Waals surface area contributed by atoms with Gasteiger partial charge in [-0.2, -0.15) is 5.26 Å². The first-order chi connectivity index (χ1) is 7.22. The zero-order valence-electron chi connectivity index (χ0n) is 9.09. The topological polar surface area (TPSA) is 35.8 Å². The summed E-state index contributed by atoms with van der Waals surface area (Å²) < 4.78 is 0. The molecule has 0 radical (unpaired) electrons. The SMILES string of the molecule is Cc1cc2c(cc1C)/C(=C\C#N)NCC2. The molecule has 0 aromatic heterocycles. The molecular formula is C13H14N2. The van der Waals surface area contributed by atoms with Crippen LogP contribution in [-0.2, 0) is 6.42 Å². The maximum atomic E-state index is 8.70. The van der Waals surface area contributed by atoms with Gasteiger partial charge in [-0.25, -0.2) is 0 Å². The summed E-state index contributed by atoms with van der Waals surface area (Å²) in [5, 5.41) is 12.0. The van der Waals surface area contributed by atoms with Gasteiger partial charge in [-0.3, -0.25) is 0 Å². The monoisotopic (exact) mass is 198 g/mol. The van der Waals surface area contributed by atoms with Crippen molar-refractivity contribution in [2.45, 2.75) is 20.3 Å². The van der Waals surface area contributed by atoms with Crippen molar-refractivity contribution in [3.05, 3.63) is 40.5 Å². The fourth-order valence-electron chi connectivity index (χ4n) is 1.95. The van der Waals surface area contributed by atoms with Crippen molar-refractivity contribution in [3.63, 3.8) is 0 Å². The molecule has 0 unspecified atom stereocenters. The second-order valence-electron chi connectivity index (χ2n) is 3.96. The molecule has 0 fully saturated rings. The van der Waals surface area contributed by atoms with Crippen LogP contribution in [-0.4, -0.2) is 6.54 Å². The summed E-state index contributed by atoms with van der Waals surface area (Å²) in [6, 6.07) is 6.49. The number of benzene rings is 1. The smallest absolute Gasteiger partial charge is 0.0933 e. The number of rotatable bonds is 0. The summed E-state index contributed by atoms with van der Waals surface area (Å²) in [6.45, 7) is 5.16. The maximum Gasteiger partial charge on any atom is 0.0933 e. The molecule has 0 amide bonds. The molecule has 2 rings (SSSR count). The Labute approximate surface area is 90.2 Å². The van der Waals surface area contributed by atoms with Gasteiger partial charge in [0, 0.05) is 18.2 Å². The van der Waals surface area contributed by atoms with Crippen molar-refractivity contribution in [1.29, 1.82) is 5.26 Å². The van der Waals surface area contributed by atoms with Crippen molar-refractivity contribution in [1.82, 2.24) is 5.32 Å². The summed E-state index contributed by atoms with van der Waals surface area (Å²) in [6.07, 6.45) is 2.63. The summed E-state index contributed by atoms with van der Waals surface area (Å²) in [7, 11) is 0. The highest BCUT2D eigenvalue weighted by molar-refractivity contribution is 5.71. The lowest BCUT2D eigenvalue weighted by molar-refractivity contribution is 0.812. The van der Waals surface area contributed by atoms with Crippen LogP contribution in [0.15, 0.2) is 18.2 Å². The Morgan fingerprint density at radius 3 is 2.80 bits per heavy atom. The van der Waals surface area contributed by atoms with Gasteiger partial charge in [0.25, 0.3) is 0 Å². The van der Waals surface area contributed by atoms with Gasteiger partial charge in [0.2, 0.25) is 0 Å². The van der Waals surface area contributed by atoms with Gasteiger partial charge in [-0.05, 0) is 43.0 Å². The van der Waals surface area contributed by atoms with Crippen LogP contribution in [0, 0.1) is 25.2 Å². The quantitative estimate of drug-likeness (QED) is 0.649. The molecule has 1 heterocycles. The van der Waals surface area contributed by atoms with Crippen molar-refractivity contribution in [3.8, 4) is 6.07 Å². The minimum Gasteiger partial charge on any atom is -0.384 e. The van der Waals surface area contributed by atoms with Crippen molar-refractivity contribution >= 4 is 5.70 Å². The van der Waals surface area contributed by atoms with Crippen LogP contribution < -0.4 is 5.32 Å². The van der Waals surface area contributed by atoms with E-state index in [9.17, 15) is 0 Å². The number of hydrogen-bond donors (Lipinski definition) is 1. The van der Waals surface area contributed by atoms with Crippen molar-refractivity contribution in [2.75, 3.05) is 6.54 Å². The molecule has 1 N–H and O–H groups in total. The van der Waals surface area contributed by atoms with Crippen LogP contribution in [0.5, 0.6) is 0 Å². The normalized spacial score (nSPS) is 16.7. The molecular weight excluding hydrogens is 184 g/mol. The molecule has 0 saturated heterocycles. The lowest BCUT2D eigenvalue weighted by atomic mass is 9.93. The van der Waals surface area contributed by atoms with Gasteiger partial charge in [0.1, 0.15) is 0 Å². The van der Waals surface area contributed by atoms with E-state index in [0.29, 0.717) is 0 Å². The summed E-state index contributed by atoms with van der Waals surface area (Å²) in [5.74, 6) is 0. The minimum absolute atomic E-state index is 0.920. The predicted molar refractivity (Wildman–Crippen MR) is 61.2 cm³/mol. The molecule has 15 heavy (non-hydrogen) atoms. The zero-order chi connectivity index (χ0) is 10.8. The fraction of sp³-hybridized carbons (Fsp3) is 0.308. The molecule has 0 bridgehead atoms. The predicted octanol–water partition coefficient (Wildman–Crippen LogP) is 2.31. The van der Waals surface area contributed by atoms with Crippen LogP contribution in [0.25, 0.3) is 5.70 Å². The Morgan fingerprint density at radius 2 is 2.07 bits per heavy atom. The fourth-order valence-corrected chi connectivity index (χ4v) is 1.95. The highest BCUT2D eigenvalue weighted by Crippen LogP contribution is 2.25. The number of hydrogen-bond acceptors (Lipinski definition) is 2. The molecule has 0 aliphatic carbocycles. The second-order valence-corrected chi connectivity index (χ2v) is 3.96. The largest absolute Gasteiger partial charge is 0.384 e. The molecule has 1 aromatic rings. The Kier molecular flexibility index (Phi) is 2.47. The number of fused-ring (bicyclic) bond motifs is 1. The first-order valence-electron chi connectivity index (χ1n) is 5.16. The molecule has 0 atom stereocenters. The highest BCUT2D eigenvalue weighted by atomic mass is 14.9. The first kappa shape index (κ1) is 9.79. The van der Waals surface area contributed by atoms with E-state index >= 15 is 0 Å². The van der Waals surface area contributed by atoms with Crippen LogP contribution >= 0.6 is 0 Å². The molecule has 2 heteroatoms. The maximum absolute atomic E-state index is 8.70. The van der Waals surface area contributed by atoms with Crippen LogP contribution in [0.2, 0.25) is 0 Å². The molecule has 76 valence electrons. The Balaban J connectivity index is 2.58. The zero-order valence-corrected chi connectivity index (χ0v) is 9.09. The Morgan fingerprint density at radius 1 is 1.33 bits per heavy atom. The lowest BCUT2D eigenvalue weighted by Gasteiger charge is -2.21. The Bertz CT molecular complexity index is 464. The van der Waals surface area contributed by atoms with E-state index < -0.39 is 0 Å². The first-order valence-corrected chi connectivity index (χ1v) is 5.16. The third-order valence-corrected chi connectivity index (χ3v) is 2.93. The van der Waals surface area contributed by atoms with Crippen LogP contribution in [0.1, 0.15) is 22.3 Å². The number of nitriles is 1. The minimum atomic E-state index is 0.920. The van der Waals surface area contributed by atoms with Gasteiger partial charge in [0.05, 0.1) is 11.8 Å². The highest BCUT2D eigenvalue weighted by Gasteiger charge is 2.14. The van der Waals surface area contributed by atoms with E-state index in [-0.39, 0.29) is 0 Å². The number of nitrogens with one attached hydrogen (secondary N) is 1. The second kappa shape index (κ2) is 3.78. The van der Waals surface area contributed by atoms with Crippen molar-refractivity contribution < 1.29 is 0 Å². The molecule has 0 saturated carbocycles. The molecule has 0 spiro atoms. The van der Waals surface area contributed by atoms with Gasteiger partial charge >= 0.3 is 0 Å². The molecule has 2 nitrogen and oxygen atoms in total. The van der Waals surface area contributed by atoms with Crippen molar-refractivity contribution in [2.24, 2.45) is 0 Å². The van der Waals surface area contributed by atoms with Gasteiger partial charge in [0.15, 0.2) is 0 Å². The summed E-state index contributed by atoms with van der Waals surface area (Å²) in [5.41, 5.74) is 6.10. The third-order valence-electron chi connectivity index (χ3n) is 2.93. The number of allylic oxidation sites excluding steroid dienone is 1. The van der Waals surface area contributed by atoms with E-state index in [1.165, 1.54) is 22.3 Å². The van der Waals surface area contributed by atoms with E-state index in [4.69, 9.17) is 5.26 Å². The van der Waals surface area contributed by atoms with E-state index in [0.717, 1.165) is 18.7 Å². The van der Waals surface area contributed by atoms with Crippen LogP contribution in [0.4, 0.5) is 0 Å². The van der Waals surface area contributed by atoms with E-state index in [2.05, 4.69) is 37.4 Å². The Hall–Kier alpha value is -1.75. The average molecular weight is 198 g/mol. The van der Waals surface area contributed by atoms with Gasteiger partial charge in [-0.15, -0.1) is 0 Å². The van der Waals surface area contributed by atoms with Gasteiger partial charge < -0.3 is 5.32 Å². The lowest BCUT2D eigenvalue weighted by Crippen LogP contribution is -2.22. The summed E-state index contributed by atoms with van der Waals surface area (Å²) in [4.78, 5) is 0. The van der Waals surface area contributed by atoms with E-state index in [1.54, 1.807) is 6.08 Å². The van der Waals surface area contributed by atoms with Gasteiger partial charge in [-0.1, -0.05) is 6.07 Å². The molecule has 1 aromatic carbocycles. The number of aryl methyl sites for hydroxylation is 2. The third kappa shape index (κ3) is 1.73.